The third-order valence-electron chi connectivity index (χ3n) is 0.600. The van der Waals surface area contributed by atoms with E-state index in [0.29, 0.717) is 6.61 Å². The van der Waals surface area contributed by atoms with Gasteiger partial charge in [0.2, 0.25) is 0 Å². The normalized spacial score (nSPS) is 9.00. The molecule has 0 aromatic heterocycles. The molecule has 0 aromatic carbocycles. The second kappa shape index (κ2) is 4.96. The highest BCUT2D eigenvalue weighted by Crippen LogP contribution is 1.84. The van der Waals surface area contributed by atoms with Crippen molar-refractivity contribution >= 4 is 0 Å². The van der Waals surface area contributed by atoms with E-state index in [1.54, 1.807) is 0 Å². The topological polar surface area (TPSA) is 9.23 Å². The Labute approximate surface area is 39.3 Å². The van der Waals surface area contributed by atoms with Crippen molar-refractivity contribution in [3.8, 4) is 0 Å². The predicted molar refractivity (Wildman–Crippen MR) is 24.1 cm³/mol. The van der Waals surface area contributed by atoms with E-state index < -0.39 is 0 Å². The Morgan fingerprint density at radius 2 is 2.33 bits per heavy atom. The van der Waals surface area contributed by atoms with Crippen molar-refractivity contribution in [2.45, 2.75) is 19.8 Å². The van der Waals surface area contributed by atoms with Crippen molar-refractivity contribution in [1.82, 2.24) is 0 Å². The summed E-state index contributed by atoms with van der Waals surface area (Å²) in [6, 6.07) is 0. The molecule has 0 aliphatic heterocycles. The lowest BCUT2D eigenvalue weighted by Gasteiger charge is -1.87. The molecule has 0 unspecified atom stereocenters. The summed E-state index contributed by atoms with van der Waals surface area (Å²) >= 11 is 0. The van der Waals surface area contributed by atoms with Gasteiger partial charge in [-0.2, -0.15) is 0 Å². The van der Waals surface area contributed by atoms with Crippen molar-refractivity contribution in [2.75, 3.05) is 6.61 Å². The van der Waals surface area contributed by atoms with Gasteiger partial charge in [-0.05, 0) is 6.42 Å². The molecule has 1 heteroatoms. The first kappa shape index (κ1) is 5.96. The number of unbranched alkanes of at least 4 members (excludes halogenated alkanes) is 1. The average molecular weight is 85.1 g/mol. The number of hydrogen-bond acceptors (Lipinski definition) is 1. The van der Waals surface area contributed by atoms with Gasteiger partial charge in [-0.25, -0.2) is 0 Å². The quantitative estimate of drug-likeness (QED) is 0.470. The highest BCUT2D eigenvalue weighted by atomic mass is 16.5. The predicted octanol–water partition coefficient (Wildman–Crippen LogP) is 1.35. The molecule has 35 valence electrons. The molecule has 0 saturated carbocycles. The standard InChI is InChI=1S/C5H9O/c1-3-4-5-6-2/h3-5H2,1H3. The summed E-state index contributed by atoms with van der Waals surface area (Å²) in [7, 11) is 6.21. The fourth-order valence-corrected chi connectivity index (χ4v) is 0.217. The summed E-state index contributed by atoms with van der Waals surface area (Å²) in [5.74, 6) is 0. The maximum absolute atomic E-state index is 6.21. The first-order valence-electron chi connectivity index (χ1n) is 2.20. The monoisotopic (exact) mass is 85.1 g/mol. The molecule has 0 rings (SSSR count). The lowest BCUT2D eigenvalue weighted by molar-refractivity contribution is 0.236. The zero-order valence-electron chi connectivity index (χ0n) is 4.03. The van der Waals surface area contributed by atoms with Crippen LogP contribution in [0.15, 0.2) is 0 Å². The van der Waals surface area contributed by atoms with Crippen LogP contribution in [0.25, 0.3) is 0 Å². The molecule has 0 spiro atoms. The molecule has 0 N–H and O–H groups in total. The summed E-state index contributed by atoms with van der Waals surface area (Å²) in [5.41, 5.74) is 0. The molecule has 3 radical (unpaired) electrons. The molecule has 1 nitrogen and oxygen atoms in total. The van der Waals surface area contributed by atoms with Crippen LogP contribution in [-0.4, -0.2) is 6.61 Å². The molecule has 6 heavy (non-hydrogen) atoms. The molecule has 0 heterocycles. The van der Waals surface area contributed by atoms with Gasteiger partial charge in [0.1, 0.15) is 0 Å². The SMILES string of the molecule is [C]OCCCC. The van der Waals surface area contributed by atoms with Crippen LogP contribution in [0, 0.1) is 7.11 Å². The molecule has 0 saturated heterocycles. The largest absolute Gasteiger partial charge is 0.365 e. The summed E-state index contributed by atoms with van der Waals surface area (Å²) in [5, 5.41) is 0. The Morgan fingerprint density at radius 1 is 1.67 bits per heavy atom. The first-order valence-corrected chi connectivity index (χ1v) is 2.20. The Bertz CT molecular complexity index is 15.9. The summed E-state index contributed by atoms with van der Waals surface area (Å²) in [4.78, 5) is 0. The van der Waals surface area contributed by atoms with Crippen LogP contribution in [0.4, 0.5) is 0 Å². The third kappa shape index (κ3) is 3.96. The third-order valence-corrected chi connectivity index (χ3v) is 0.600. The highest BCUT2D eigenvalue weighted by molar-refractivity contribution is 4.27. The molecule has 0 aromatic rings. The Kier molecular flexibility index (Phi) is 4.93. The smallest absolute Gasteiger partial charge is 0.173 e. The minimum absolute atomic E-state index is 0.580. The summed E-state index contributed by atoms with van der Waals surface area (Å²) in [6.45, 7) is 2.65. The van der Waals surface area contributed by atoms with E-state index >= 15 is 0 Å². The fourth-order valence-electron chi connectivity index (χ4n) is 0.217. The molecule has 0 aliphatic carbocycles. The second-order valence-corrected chi connectivity index (χ2v) is 1.20. The molecule has 0 bridgehead atoms. The van der Waals surface area contributed by atoms with Crippen LogP contribution in [0.2, 0.25) is 0 Å². The highest BCUT2D eigenvalue weighted by Gasteiger charge is 1.75. The van der Waals surface area contributed by atoms with Gasteiger partial charge in [0, 0.05) is 6.61 Å². The second-order valence-electron chi connectivity index (χ2n) is 1.20. The van der Waals surface area contributed by atoms with E-state index in [0.717, 1.165) is 12.8 Å². The van der Waals surface area contributed by atoms with E-state index in [1.807, 2.05) is 0 Å². The van der Waals surface area contributed by atoms with Gasteiger partial charge in [-0.1, -0.05) is 13.3 Å². The van der Waals surface area contributed by atoms with E-state index in [2.05, 4.69) is 11.7 Å². The maximum Gasteiger partial charge on any atom is 0.173 e. The summed E-state index contributed by atoms with van der Waals surface area (Å²) < 4.78 is 4.03. The lowest BCUT2D eigenvalue weighted by atomic mass is 10.4. The number of ether oxygens (including phenoxy) is 1. The molecule has 0 amide bonds. The zero-order chi connectivity index (χ0) is 4.83. The van der Waals surface area contributed by atoms with Crippen LogP contribution >= 0.6 is 0 Å². The summed E-state index contributed by atoms with van der Waals surface area (Å²) in [6.07, 6.45) is 2.11. The van der Waals surface area contributed by atoms with Gasteiger partial charge in [-0.15, -0.1) is 0 Å². The van der Waals surface area contributed by atoms with Gasteiger partial charge in [-0.3, -0.25) is 0 Å². The van der Waals surface area contributed by atoms with Crippen LogP contribution in [0.5, 0.6) is 0 Å². The van der Waals surface area contributed by atoms with Crippen molar-refractivity contribution in [3.63, 3.8) is 0 Å². The van der Waals surface area contributed by atoms with Crippen LogP contribution in [-0.2, 0) is 4.74 Å². The van der Waals surface area contributed by atoms with Gasteiger partial charge < -0.3 is 4.74 Å². The van der Waals surface area contributed by atoms with Gasteiger partial charge in [0.05, 0.1) is 0 Å². The van der Waals surface area contributed by atoms with Crippen molar-refractivity contribution < 1.29 is 4.74 Å². The zero-order valence-corrected chi connectivity index (χ0v) is 4.03. The molecule has 0 fully saturated rings. The van der Waals surface area contributed by atoms with Crippen LogP contribution in [0.3, 0.4) is 0 Å². The van der Waals surface area contributed by atoms with E-state index in [-0.39, 0.29) is 0 Å². The van der Waals surface area contributed by atoms with E-state index in [1.165, 1.54) is 0 Å². The molecule has 0 atom stereocenters. The maximum atomic E-state index is 6.21. The van der Waals surface area contributed by atoms with Gasteiger partial charge in [0.25, 0.3) is 0 Å². The fraction of sp³-hybridized carbons (Fsp3) is 0.800. The molecule has 0 aliphatic rings. The number of hydrogen-bond donors (Lipinski definition) is 0. The van der Waals surface area contributed by atoms with E-state index in [4.69, 9.17) is 7.11 Å². The Morgan fingerprint density at radius 3 is 2.50 bits per heavy atom. The Balaban J connectivity index is 2.34. The Hall–Kier alpha value is -0.0400. The van der Waals surface area contributed by atoms with Crippen molar-refractivity contribution in [2.24, 2.45) is 0 Å². The average Bonchev–Trinajstić information content (AvgIpc) is 1.61. The first-order chi connectivity index (χ1) is 2.91. The van der Waals surface area contributed by atoms with Gasteiger partial charge >= 0.3 is 0 Å². The van der Waals surface area contributed by atoms with Crippen molar-refractivity contribution in [3.05, 3.63) is 7.11 Å². The van der Waals surface area contributed by atoms with Gasteiger partial charge in [0.15, 0.2) is 7.11 Å². The number of rotatable bonds is 3. The van der Waals surface area contributed by atoms with Crippen molar-refractivity contribution in [1.29, 1.82) is 0 Å². The van der Waals surface area contributed by atoms with Crippen LogP contribution < -0.4 is 0 Å². The lowest BCUT2D eigenvalue weighted by Crippen LogP contribution is -1.81. The molecular weight excluding hydrogens is 76.1 g/mol. The van der Waals surface area contributed by atoms with E-state index in [9.17, 15) is 0 Å². The van der Waals surface area contributed by atoms with Crippen LogP contribution in [0.1, 0.15) is 19.8 Å². The minimum atomic E-state index is 0.580. The minimum Gasteiger partial charge on any atom is -0.365 e. The molecular formula is C5H9O.